The van der Waals surface area contributed by atoms with Crippen LogP contribution >= 0.6 is 22.9 Å². The maximum absolute atomic E-state index is 14.0. The molecule has 0 N–H and O–H groups in total. The molecule has 2 heterocycles. The molecule has 1 aliphatic heterocycles. The second kappa shape index (κ2) is 12.8. The number of carbonyl (C=O) groups is 1. The fourth-order valence-corrected chi connectivity index (χ4v) is 6.09. The lowest BCUT2D eigenvalue weighted by Crippen LogP contribution is -2.40. The number of rotatable bonds is 8. The van der Waals surface area contributed by atoms with E-state index in [1.165, 1.54) is 23.5 Å². The van der Waals surface area contributed by atoms with Crippen LogP contribution in [0.2, 0.25) is 5.02 Å². The van der Waals surface area contributed by atoms with Crippen molar-refractivity contribution in [3.8, 4) is 5.75 Å². The molecule has 9 heteroatoms. The maximum atomic E-state index is 14.0. The quantitative estimate of drug-likeness (QED) is 0.190. The Morgan fingerprint density at radius 1 is 0.977 bits per heavy atom. The Morgan fingerprint density at radius 3 is 2.36 bits per heavy atom. The number of thiazole rings is 1. The van der Waals surface area contributed by atoms with E-state index in [0.29, 0.717) is 38.0 Å². The molecule has 0 radical (unpaired) electrons. The van der Waals surface area contributed by atoms with Crippen molar-refractivity contribution in [3.05, 3.63) is 161 Å². The number of carbonyl (C=O) groups excluding carboxylic acids is 1. The summed E-state index contributed by atoms with van der Waals surface area (Å²) in [6, 6.07) is 29.2. The van der Waals surface area contributed by atoms with Crippen molar-refractivity contribution in [1.29, 1.82) is 0 Å². The number of benzene rings is 4. The summed E-state index contributed by atoms with van der Waals surface area (Å²) < 4.78 is 26.5. The van der Waals surface area contributed by atoms with E-state index in [0.717, 1.165) is 16.7 Å². The van der Waals surface area contributed by atoms with Crippen LogP contribution in [0.5, 0.6) is 5.75 Å². The van der Waals surface area contributed by atoms with Gasteiger partial charge in [-0.2, -0.15) is 0 Å². The second-order valence-corrected chi connectivity index (χ2v) is 11.4. The molecular formula is C35H26ClFN2O4S. The highest BCUT2D eigenvalue weighted by atomic mass is 35.5. The molecule has 0 unspecified atom stereocenters. The van der Waals surface area contributed by atoms with Crippen LogP contribution < -0.4 is 19.6 Å². The molecule has 0 spiro atoms. The molecule has 1 aromatic heterocycles. The highest BCUT2D eigenvalue weighted by Gasteiger charge is 2.35. The van der Waals surface area contributed by atoms with Gasteiger partial charge in [-0.25, -0.2) is 14.2 Å². The summed E-state index contributed by atoms with van der Waals surface area (Å²) in [5, 5.41) is 0.538. The first-order valence-electron chi connectivity index (χ1n) is 13.9. The third kappa shape index (κ3) is 6.13. The molecule has 0 aliphatic carbocycles. The summed E-state index contributed by atoms with van der Waals surface area (Å²) in [5.74, 6) is -0.195. The fraction of sp³-hybridized carbons (Fsp3) is 0.114. The van der Waals surface area contributed by atoms with Crippen molar-refractivity contribution in [2.24, 2.45) is 4.99 Å². The van der Waals surface area contributed by atoms with E-state index in [9.17, 15) is 14.0 Å². The molecule has 0 bridgehead atoms. The zero-order chi connectivity index (χ0) is 30.6. The summed E-state index contributed by atoms with van der Waals surface area (Å²) in [4.78, 5) is 32.9. The molecule has 6 rings (SSSR count). The van der Waals surface area contributed by atoms with Crippen LogP contribution in [-0.2, 0) is 16.1 Å². The predicted octanol–water partition coefficient (Wildman–Crippen LogP) is 6.31. The van der Waals surface area contributed by atoms with E-state index in [2.05, 4.69) is 0 Å². The van der Waals surface area contributed by atoms with Gasteiger partial charge in [0.1, 0.15) is 18.2 Å². The largest absolute Gasteiger partial charge is 0.489 e. The van der Waals surface area contributed by atoms with E-state index < -0.39 is 12.0 Å². The Balaban J connectivity index is 1.42. The van der Waals surface area contributed by atoms with Crippen molar-refractivity contribution in [2.75, 3.05) is 6.61 Å². The Morgan fingerprint density at radius 2 is 1.68 bits per heavy atom. The van der Waals surface area contributed by atoms with Crippen LogP contribution in [0.3, 0.4) is 0 Å². The predicted molar refractivity (Wildman–Crippen MR) is 170 cm³/mol. The van der Waals surface area contributed by atoms with Crippen LogP contribution in [-0.4, -0.2) is 17.1 Å². The summed E-state index contributed by atoms with van der Waals surface area (Å²) in [6.45, 7) is 2.22. The first kappa shape index (κ1) is 29.3. The molecule has 0 fully saturated rings. The molecule has 1 atom stereocenters. The minimum Gasteiger partial charge on any atom is -0.489 e. The maximum Gasteiger partial charge on any atom is 0.338 e. The lowest BCUT2D eigenvalue weighted by molar-refractivity contribution is -0.138. The average Bonchev–Trinajstić information content (AvgIpc) is 3.35. The molecule has 6 nitrogen and oxygen atoms in total. The third-order valence-electron chi connectivity index (χ3n) is 7.06. The van der Waals surface area contributed by atoms with E-state index >= 15 is 0 Å². The van der Waals surface area contributed by atoms with Gasteiger partial charge in [0.05, 0.1) is 28.5 Å². The first-order valence-corrected chi connectivity index (χ1v) is 15.1. The summed E-state index contributed by atoms with van der Waals surface area (Å²) >= 11 is 7.45. The van der Waals surface area contributed by atoms with E-state index in [4.69, 9.17) is 26.1 Å². The third-order valence-corrected chi connectivity index (χ3v) is 8.29. The van der Waals surface area contributed by atoms with Gasteiger partial charge in [-0.1, -0.05) is 89.7 Å². The van der Waals surface area contributed by atoms with Gasteiger partial charge in [0.15, 0.2) is 4.80 Å². The number of hydrogen-bond acceptors (Lipinski definition) is 6. The van der Waals surface area contributed by atoms with Gasteiger partial charge in [0, 0.05) is 10.6 Å². The van der Waals surface area contributed by atoms with Gasteiger partial charge in [-0.05, 0) is 66.1 Å². The number of esters is 1. The van der Waals surface area contributed by atoms with Crippen molar-refractivity contribution in [1.82, 2.24) is 4.57 Å². The summed E-state index contributed by atoms with van der Waals surface area (Å²) in [7, 11) is 0. The second-order valence-electron chi connectivity index (χ2n) is 9.97. The highest BCUT2D eigenvalue weighted by molar-refractivity contribution is 7.07. The average molecular weight is 625 g/mol. The van der Waals surface area contributed by atoms with Crippen molar-refractivity contribution in [3.63, 3.8) is 0 Å². The van der Waals surface area contributed by atoms with Crippen LogP contribution in [0.1, 0.15) is 35.2 Å². The minimum absolute atomic E-state index is 0.172. The van der Waals surface area contributed by atoms with Gasteiger partial charge < -0.3 is 9.47 Å². The Hall–Kier alpha value is -4.79. The van der Waals surface area contributed by atoms with Crippen LogP contribution in [0.25, 0.3) is 11.8 Å². The van der Waals surface area contributed by atoms with Gasteiger partial charge >= 0.3 is 5.97 Å². The number of nitrogens with zero attached hydrogens (tertiary/aromatic N) is 2. The number of aromatic nitrogens is 1. The molecule has 44 heavy (non-hydrogen) atoms. The molecular weight excluding hydrogens is 599 g/mol. The number of fused-ring (bicyclic) bond motifs is 1. The van der Waals surface area contributed by atoms with Gasteiger partial charge in [0.2, 0.25) is 0 Å². The highest BCUT2D eigenvalue weighted by Crippen LogP contribution is 2.35. The number of hydrogen-bond donors (Lipinski definition) is 0. The zero-order valence-electron chi connectivity index (χ0n) is 23.6. The number of halogens is 2. The van der Waals surface area contributed by atoms with Gasteiger partial charge in [-0.15, -0.1) is 0 Å². The molecule has 0 saturated carbocycles. The van der Waals surface area contributed by atoms with E-state index in [1.807, 2.05) is 66.7 Å². The van der Waals surface area contributed by atoms with Crippen molar-refractivity contribution < 1.29 is 18.7 Å². The molecule has 0 saturated heterocycles. The Labute approximate surface area is 261 Å². The Kier molecular flexibility index (Phi) is 8.54. The number of ether oxygens (including phenoxy) is 2. The SMILES string of the molecule is CCOC(=O)C1=C(c2ccccc2)N=c2s/c(=C\c3ccc(OCc4ccc(F)cc4)cc3)c(=O)n2[C@H]1c1ccc(Cl)cc1. The molecule has 0 amide bonds. The van der Waals surface area contributed by atoms with Gasteiger partial charge in [-0.3, -0.25) is 9.36 Å². The van der Waals surface area contributed by atoms with Gasteiger partial charge in [0.25, 0.3) is 5.56 Å². The first-order chi connectivity index (χ1) is 21.4. The topological polar surface area (TPSA) is 69.9 Å². The molecule has 1 aliphatic rings. The lowest BCUT2D eigenvalue weighted by Gasteiger charge is -2.25. The standard InChI is InChI=1S/C35H26ClFN2O4S/c1-2-42-34(41)30-31(24-6-4-3-5-7-24)38-35-39(32(30)25-12-14-26(36)15-13-25)33(40)29(44-35)20-22-10-18-28(19-11-22)43-21-23-8-16-27(37)17-9-23/h3-20,32H,2,21H2,1H3/b29-20-/t32-/m0/s1. The van der Waals surface area contributed by atoms with Crippen LogP contribution in [0, 0.1) is 5.82 Å². The summed E-state index contributed by atoms with van der Waals surface area (Å²) in [6.07, 6.45) is 1.79. The monoisotopic (exact) mass is 624 g/mol. The van der Waals surface area contributed by atoms with Crippen LogP contribution in [0.4, 0.5) is 4.39 Å². The van der Waals surface area contributed by atoms with E-state index in [1.54, 1.807) is 41.8 Å². The molecule has 4 aromatic carbocycles. The zero-order valence-corrected chi connectivity index (χ0v) is 25.1. The molecule has 5 aromatic rings. The Bertz CT molecular complexity index is 2020. The fourth-order valence-electron chi connectivity index (χ4n) is 4.96. The normalized spacial score (nSPS) is 14.6. The van der Waals surface area contributed by atoms with Crippen molar-refractivity contribution in [2.45, 2.75) is 19.6 Å². The lowest BCUT2D eigenvalue weighted by atomic mass is 9.93. The molecule has 220 valence electrons. The van der Waals surface area contributed by atoms with E-state index in [-0.39, 0.29) is 23.6 Å². The minimum atomic E-state index is -0.776. The summed E-state index contributed by atoms with van der Waals surface area (Å²) in [5.41, 5.74) is 3.55. The van der Waals surface area contributed by atoms with Crippen molar-refractivity contribution >= 4 is 40.7 Å². The smallest absolute Gasteiger partial charge is 0.338 e. The van der Waals surface area contributed by atoms with Crippen LogP contribution in [0.15, 0.2) is 118 Å².